The van der Waals surface area contributed by atoms with Crippen LogP contribution in [0.15, 0.2) is 102 Å². The average molecular weight is 584 g/mol. The molecular weight excluding hydrogens is 558 g/mol. The minimum absolute atomic E-state index is 0.247. The van der Waals surface area contributed by atoms with Gasteiger partial charge < -0.3 is 4.74 Å². The first kappa shape index (κ1) is 26.7. The number of fused-ring (bicyclic) bond motifs is 1. The molecule has 0 saturated heterocycles. The van der Waals surface area contributed by atoms with E-state index < -0.39 is 10.0 Å². The van der Waals surface area contributed by atoms with Gasteiger partial charge in [-0.25, -0.2) is 23.4 Å². The number of rotatable bonds is 7. The van der Waals surface area contributed by atoms with Gasteiger partial charge in [-0.3, -0.25) is 4.72 Å². The van der Waals surface area contributed by atoms with Crippen molar-refractivity contribution in [2.45, 2.75) is 12.5 Å². The van der Waals surface area contributed by atoms with E-state index in [1.165, 1.54) is 0 Å². The summed E-state index contributed by atoms with van der Waals surface area (Å²) in [4.78, 5) is 9.97. The van der Waals surface area contributed by atoms with Crippen molar-refractivity contribution in [1.82, 2.24) is 9.97 Å². The van der Waals surface area contributed by atoms with Crippen LogP contribution >= 0.6 is 11.6 Å². The first-order valence-corrected chi connectivity index (χ1v) is 15.2. The normalized spacial score (nSPS) is 15.1. The molecule has 0 spiro atoms. The van der Waals surface area contributed by atoms with E-state index in [1.54, 1.807) is 19.2 Å². The van der Waals surface area contributed by atoms with E-state index in [0.29, 0.717) is 23.1 Å². The number of benzene rings is 4. The standard InChI is InChI=1S/C31H26ClN5O3S/c1-40-29-11-7-6-10-24(29)28-19-27(20-12-15-23(16-13-20)36-41(2,38)39)35-37(28)31-33-26-17-14-22(32)18-25(26)30(34-31)21-8-4-3-5-9-21/h3-18,28,36H,19H2,1-2H3/t28-/m0/s1. The average Bonchev–Trinajstić information content (AvgIpc) is 3.42. The topological polar surface area (TPSA) is 96.8 Å². The van der Waals surface area contributed by atoms with Gasteiger partial charge in [0.25, 0.3) is 0 Å². The second-order valence-electron chi connectivity index (χ2n) is 9.70. The molecule has 2 heterocycles. The van der Waals surface area contributed by atoms with E-state index in [9.17, 15) is 8.42 Å². The first-order chi connectivity index (χ1) is 19.8. The molecule has 0 aliphatic carbocycles. The predicted molar refractivity (Wildman–Crippen MR) is 164 cm³/mol. The van der Waals surface area contributed by atoms with Crippen molar-refractivity contribution in [2.75, 3.05) is 23.1 Å². The van der Waals surface area contributed by atoms with Crippen LogP contribution in [0.4, 0.5) is 11.6 Å². The van der Waals surface area contributed by atoms with Gasteiger partial charge in [-0.15, -0.1) is 0 Å². The van der Waals surface area contributed by atoms with Gasteiger partial charge in [-0.1, -0.05) is 72.3 Å². The number of sulfonamides is 1. The van der Waals surface area contributed by atoms with Crippen LogP contribution in [0.25, 0.3) is 22.2 Å². The summed E-state index contributed by atoms with van der Waals surface area (Å²) in [5.74, 6) is 1.18. The quantitative estimate of drug-likeness (QED) is 0.229. The highest BCUT2D eigenvalue weighted by molar-refractivity contribution is 7.92. The van der Waals surface area contributed by atoms with Crippen molar-refractivity contribution in [1.29, 1.82) is 0 Å². The Labute approximate surface area is 243 Å². The number of aromatic nitrogens is 2. The fourth-order valence-electron chi connectivity index (χ4n) is 5.00. The van der Waals surface area contributed by atoms with E-state index in [2.05, 4.69) is 4.72 Å². The molecule has 5 aromatic rings. The molecule has 1 aromatic heterocycles. The monoisotopic (exact) mass is 583 g/mol. The largest absolute Gasteiger partial charge is 0.496 e. The van der Waals surface area contributed by atoms with Crippen LogP contribution in [0.2, 0.25) is 5.02 Å². The molecule has 0 amide bonds. The summed E-state index contributed by atoms with van der Waals surface area (Å²) >= 11 is 6.38. The number of methoxy groups -OCH3 is 1. The lowest BCUT2D eigenvalue weighted by molar-refractivity contribution is 0.405. The van der Waals surface area contributed by atoms with Crippen molar-refractivity contribution in [3.8, 4) is 17.0 Å². The molecule has 0 unspecified atom stereocenters. The third-order valence-electron chi connectivity index (χ3n) is 6.83. The zero-order chi connectivity index (χ0) is 28.6. The van der Waals surface area contributed by atoms with Crippen molar-refractivity contribution in [3.63, 3.8) is 0 Å². The van der Waals surface area contributed by atoms with Gasteiger partial charge in [-0.2, -0.15) is 5.10 Å². The molecule has 10 heteroatoms. The van der Waals surface area contributed by atoms with Gasteiger partial charge >= 0.3 is 0 Å². The number of halogens is 1. The molecule has 1 aliphatic heterocycles. The molecule has 0 radical (unpaired) electrons. The minimum Gasteiger partial charge on any atom is -0.496 e. The lowest BCUT2D eigenvalue weighted by Gasteiger charge is -2.24. The molecular formula is C31H26ClN5O3S. The number of nitrogens with one attached hydrogen (secondary N) is 1. The molecule has 1 N–H and O–H groups in total. The molecule has 206 valence electrons. The Hall–Kier alpha value is -4.47. The number of hydrogen-bond donors (Lipinski definition) is 1. The van der Waals surface area contributed by atoms with E-state index in [-0.39, 0.29) is 6.04 Å². The van der Waals surface area contributed by atoms with Gasteiger partial charge in [0.2, 0.25) is 16.0 Å². The second-order valence-corrected chi connectivity index (χ2v) is 11.9. The van der Waals surface area contributed by atoms with Crippen LogP contribution in [0.5, 0.6) is 5.75 Å². The Morgan fingerprint density at radius 3 is 2.37 bits per heavy atom. The molecule has 41 heavy (non-hydrogen) atoms. The van der Waals surface area contributed by atoms with Gasteiger partial charge in [0.05, 0.1) is 36.3 Å². The first-order valence-electron chi connectivity index (χ1n) is 12.9. The van der Waals surface area contributed by atoms with Crippen LogP contribution in [-0.2, 0) is 10.0 Å². The second kappa shape index (κ2) is 10.8. The number of nitrogens with zero attached hydrogens (tertiary/aromatic N) is 4. The highest BCUT2D eigenvalue weighted by atomic mass is 35.5. The van der Waals surface area contributed by atoms with E-state index in [0.717, 1.165) is 51.0 Å². The number of hydrazone groups is 1. The number of anilines is 2. The number of ether oxygens (including phenoxy) is 1. The molecule has 6 rings (SSSR count). The molecule has 1 atom stereocenters. The van der Waals surface area contributed by atoms with Crippen LogP contribution in [-0.4, -0.2) is 37.5 Å². The molecule has 1 aliphatic rings. The third kappa shape index (κ3) is 5.59. The summed E-state index contributed by atoms with van der Waals surface area (Å²) in [6.07, 6.45) is 1.68. The SMILES string of the molecule is COc1ccccc1[C@@H]1CC(c2ccc(NS(C)(=O)=O)cc2)=NN1c1nc(-c2ccccc2)c2cc(Cl)ccc2n1. The Kier molecular flexibility index (Phi) is 7.07. The Morgan fingerprint density at radius 2 is 1.63 bits per heavy atom. The van der Waals surface area contributed by atoms with Crippen molar-refractivity contribution < 1.29 is 13.2 Å². The summed E-state index contributed by atoms with van der Waals surface area (Å²) in [6.45, 7) is 0. The van der Waals surface area contributed by atoms with Gasteiger partial charge in [-0.05, 0) is 42.0 Å². The Morgan fingerprint density at radius 1 is 0.902 bits per heavy atom. The molecule has 0 bridgehead atoms. The molecule has 8 nitrogen and oxygen atoms in total. The molecule has 0 saturated carbocycles. The van der Waals surface area contributed by atoms with Crippen LogP contribution in [0, 0.1) is 0 Å². The lowest BCUT2D eigenvalue weighted by atomic mass is 9.97. The zero-order valence-electron chi connectivity index (χ0n) is 22.3. The maximum Gasteiger partial charge on any atom is 0.247 e. The van der Waals surface area contributed by atoms with Crippen LogP contribution < -0.4 is 14.5 Å². The maximum atomic E-state index is 11.7. The third-order valence-corrected chi connectivity index (χ3v) is 7.67. The Balaban J connectivity index is 1.50. The Bertz CT molecular complexity index is 1880. The van der Waals surface area contributed by atoms with E-state index >= 15 is 0 Å². The highest BCUT2D eigenvalue weighted by Crippen LogP contribution is 2.40. The van der Waals surface area contributed by atoms with Crippen molar-refractivity contribution in [2.24, 2.45) is 5.10 Å². The summed E-state index contributed by atoms with van der Waals surface area (Å²) in [5, 5.41) is 8.32. The molecule has 4 aromatic carbocycles. The minimum atomic E-state index is -3.38. The fraction of sp³-hybridized carbons (Fsp3) is 0.129. The van der Waals surface area contributed by atoms with Crippen molar-refractivity contribution in [3.05, 3.63) is 113 Å². The molecule has 0 fully saturated rings. The van der Waals surface area contributed by atoms with Gasteiger partial charge in [0, 0.05) is 33.6 Å². The fourth-order valence-corrected chi connectivity index (χ4v) is 5.74. The summed E-state index contributed by atoms with van der Waals surface area (Å²) in [5.41, 5.74) is 5.55. The van der Waals surface area contributed by atoms with Gasteiger partial charge in [0.15, 0.2) is 0 Å². The summed E-state index contributed by atoms with van der Waals surface area (Å²) in [6, 6.07) is 30.3. The van der Waals surface area contributed by atoms with Crippen LogP contribution in [0.3, 0.4) is 0 Å². The zero-order valence-corrected chi connectivity index (χ0v) is 23.9. The number of para-hydroxylation sites is 1. The van der Waals surface area contributed by atoms with Crippen molar-refractivity contribution >= 4 is 49.9 Å². The summed E-state index contributed by atoms with van der Waals surface area (Å²) < 4.78 is 31.6. The predicted octanol–water partition coefficient (Wildman–Crippen LogP) is 6.69. The number of hydrogen-bond acceptors (Lipinski definition) is 7. The van der Waals surface area contributed by atoms with E-state index in [1.807, 2.05) is 89.9 Å². The smallest absolute Gasteiger partial charge is 0.247 e. The van der Waals surface area contributed by atoms with Gasteiger partial charge in [0.1, 0.15) is 5.75 Å². The maximum absolute atomic E-state index is 11.7. The lowest BCUT2D eigenvalue weighted by Crippen LogP contribution is -2.21. The van der Waals surface area contributed by atoms with Crippen LogP contribution in [0.1, 0.15) is 23.6 Å². The van der Waals surface area contributed by atoms with E-state index in [4.69, 9.17) is 31.4 Å². The summed E-state index contributed by atoms with van der Waals surface area (Å²) in [7, 11) is -1.73. The highest BCUT2D eigenvalue weighted by Gasteiger charge is 2.34.